The number of piperazine rings is 1. The Morgan fingerprint density at radius 3 is 2.46 bits per heavy atom. The zero-order valence-electron chi connectivity index (χ0n) is 19.4. The zero-order chi connectivity index (χ0) is 25.1. The molecule has 1 aliphatic heterocycles. The number of hydrogen-bond donors (Lipinski definition) is 1. The molecule has 0 spiro atoms. The van der Waals surface area contributed by atoms with Crippen LogP contribution in [0.4, 0.5) is 17.1 Å². The Hall–Kier alpha value is -3.85. The minimum atomic E-state index is -0.507. The lowest BCUT2D eigenvalue weighted by atomic mass is 10.1. The number of benzene rings is 2. The number of hydrogen-bond acceptors (Lipinski definition) is 6. The second kappa shape index (κ2) is 10.2. The maximum atomic E-state index is 13.0. The monoisotopic (exact) mass is 496 g/mol. The lowest BCUT2D eigenvalue weighted by molar-refractivity contribution is -0.384. The average molecular weight is 497 g/mol. The fourth-order valence-electron chi connectivity index (χ4n) is 4.05. The highest BCUT2D eigenvalue weighted by molar-refractivity contribution is 6.31. The van der Waals surface area contributed by atoms with Gasteiger partial charge in [0.25, 0.3) is 11.6 Å². The fourth-order valence-corrected chi connectivity index (χ4v) is 4.22. The van der Waals surface area contributed by atoms with Gasteiger partial charge in [0, 0.05) is 43.2 Å². The van der Waals surface area contributed by atoms with Crippen molar-refractivity contribution in [3.63, 3.8) is 0 Å². The van der Waals surface area contributed by atoms with Gasteiger partial charge in [-0.25, -0.2) is 0 Å². The van der Waals surface area contributed by atoms with Crippen molar-refractivity contribution in [3.8, 4) is 11.3 Å². The SMILES string of the molecule is CC(C)C(=O)N1CCN(c2ccc(Cl)cc2NC(=O)c2ccc(-c3ccccc3[N+](=O)[O-])o2)CC1. The van der Waals surface area contributed by atoms with Gasteiger partial charge in [-0.05, 0) is 36.4 Å². The Labute approximate surface area is 207 Å². The summed E-state index contributed by atoms with van der Waals surface area (Å²) in [6, 6.07) is 14.4. The van der Waals surface area contributed by atoms with E-state index < -0.39 is 10.8 Å². The third kappa shape index (κ3) is 5.30. The summed E-state index contributed by atoms with van der Waals surface area (Å²) in [7, 11) is 0. The van der Waals surface area contributed by atoms with Crippen molar-refractivity contribution in [3.05, 3.63) is 75.5 Å². The molecular formula is C25H25ClN4O5. The zero-order valence-corrected chi connectivity index (χ0v) is 20.1. The molecule has 2 aromatic carbocycles. The number of nitro groups is 1. The van der Waals surface area contributed by atoms with E-state index in [0.717, 1.165) is 5.69 Å². The number of anilines is 2. The lowest BCUT2D eigenvalue weighted by Gasteiger charge is -2.37. The molecule has 1 saturated heterocycles. The van der Waals surface area contributed by atoms with Gasteiger partial charge in [0.2, 0.25) is 5.91 Å². The molecule has 182 valence electrons. The molecule has 1 aliphatic rings. The molecule has 0 saturated carbocycles. The largest absolute Gasteiger partial charge is 0.451 e. The number of nitro benzene ring substituents is 1. The van der Waals surface area contributed by atoms with Crippen LogP contribution in [0.25, 0.3) is 11.3 Å². The molecule has 1 fully saturated rings. The van der Waals surface area contributed by atoms with Crippen LogP contribution in [0.3, 0.4) is 0 Å². The van der Waals surface area contributed by atoms with Crippen LogP contribution in [0.1, 0.15) is 24.4 Å². The van der Waals surface area contributed by atoms with E-state index in [0.29, 0.717) is 36.9 Å². The van der Waals surface area contributed by atoms with Gasteiger partial charge in [-0.15, -0.1) is 0 Å². The minimum Gasteiger partial charge on any atom is -0.451 e. The predicted molar refractivity (Wildman–Crippen MR) is 134 cm³/mol. The highest BCUT2D eigenvalue weighted by atomic mass is 35.5. The first-order chi connectivity index (χ1) is 16.7. The summed E-state index contributed by atoms with van der Waals surface area (Å²) >= 11 is 6.21. The van der Waals surface area contributed by atoms with Crippen molar-refractivity contribution in [2.45, 2.75) is 13.8 Å². The predicted octanol–water partition coefficient (Wildman–Crippen LogP) is 5.07. The number of carbonyl (C=O) groups is 2. The Morgan fingerprint density at radius 1 is 1.06 bits per heavy atom. The second-order valence-corrected chi connectivity index (χ2v) is 8.96. The number of nitrogens with zero attached hydrogens (tertiary/aromatic N) is 3. The second-order valence-electron chi connectivity index (χ2n) is 8.52. The van der Waals surface area contributed by atoms with Crippen LogP contribution in [0, 0.1) is 16.0 Å². The molecule has 1 N–H and O–H groups in total. The van der Waals surface area contributed by atoms with E-state index in [2.05, 4.69) is 10.2 Å². The summed E-state index contributed by atoms with van der Waals surface area (Å²) in [5.41, 5.74) is 1.47. The van der Waals surface area contributed by atoms with Gasteiger partial charge in [-0.2, -0.15) is 0 Å². The van der Waals surface area contributed by atoms with E-state index in [1.807, 2.05) is 24.8 Å². The summed E-state index contributed by atoms with van der Waals surface area (Å²) in [5, 5.41) is 14.6. The first-order valence-electron chi connectivity index (χ1n) is 11.2. The topological polar surface area (TPSA) is 109 Å². The van der Waals surface area contributed by atoms with E-state index in [1.165, 1.54) is 18.2 Å². The number of rotatable bonds is 6. The van der Waals surface area contributed by atoms with E-state index in [-0.39, 0.29) is 34.6 Å². The van der Waals surface area contributed by atoms with E-state index in [4.69, 9.17) is 16.0 Å². The van der Waals surface area contributed by atoms with Crippen LogP contribution in [0.15, 0.2) is 59.0 Å². The first-order valence-corrected chi connectivity index (χ1v) is 11.6. The van der Waals surface area contributed by atoms with Crippen LogP contribution < -0.4 is 10.2 Å². The summed E-state index contributed by atoms with van der Waals surface area (Å²) in [5.74, 6) is -0.202. The van der Waals surface area contributed by atoms with Crippen molar-refractivity contribution >= 4 is 40.5 Å². The summed E-state index contributed by atoms with van der Waals surface area (Å²) in [6.45, 7) is 6.18. The maximum absolute atomic E-state index is 13.0. The van der Waals surface area contributed by atoms with Crippen LogP contribution in [0.2, 0.25) is 5.02 Å². The number of para-hydroxylation sites is 1. The molecule has 0 radical (unpaired) electrons. The average Bonchev–Trinajstić information content (AvgIpc) is 3.34. The number of carbonyl (C=O) groups excluding carboxylic acids is 2. The molecule has 2 amide bonds. The van der Waals surface area contributed by atoms with Crippen molar-refractivity contribution in [1.82, 2.24) is 4.90 Å². The molecule has 3 aromatic rings. The van der Waals surface area contributed by atoms with Crippen molar-refractivity contribution < 1.29 is 18.9 Å². The van der Waals surface area contributed by atoms with Crippen molar-refractivity contribution in [2.24, 2.45) is 5.92 Å². The molecule has 0 aliphatic carbocycles. The minimum absolute atomic E-state index is 0.0106. The molecule has 9 nitrogen and oxygen atoms in total. The summed E-state index contributed by atoms with van der Waals surface area (Å²) in [4.78, 5) is 40.1. The molecule has 0 bridgehead atoms. The van der Waals surface area contributed by atoms with Crippen LogP contribution in [-0.4, -0.2) is 47.8 Å². The Morgan fingerprint density at radius 2 is 1.77 bits per heavy atom. The standard InChI is InChI=1S/C25H25ClN4O5/c1-16(2)25(32)29-13-11-28(12-14-29)21-8-7-17(26)15-19(21)27-24(31)23-10-9-22(35-23)18-5-3-4-6-20(18)30(33)34/h3-10,15-16H,11-14H2,1-2H3,(H,27,31). The fraction of sp³-hybridized carbons (Fsp3) is 0.280. The van der Waals surface area contributed by atoms with Crippen LogP contribution in [0.5, 0.6) is 0 Å². The molecule has 1 aromatic heterocycles. The number of amides is 2. The van der Waals surface area contributed by atoms with Gasteiger partial charge >= 0.3 is 0 Å². The smallest absolute Gasteiger partial charge is 0.291 e. The Bertz CT molecular complexity index is 1260. The number of halogens is 1. The first kappa shape index (κ1) is 24.3. The van der Waals surface area contributed by atoms with Crippen LogP contribution in [-0.2, 0) is 4.79 Å². The van der Waals surface area contributed by atoms with Gasteiger partial charge in [0.15, 0.2) is 5.76 Å². The third-order valence-electron chi connectivity index (χ3n) is 5.83. The highest BCUT2D eigenvalue weighted by Crippen LogP contribution is 2.33. The summed E-state index contributed by atoms with van der Waals surface area (Å²) in [6.07, 6.45) is 0. The molecule has 2 heterocycles. The van der Waals surface area contributed by atoms with Gasteiger partial charge in [-0.1, -0.05) is 37.6 Å². The maximum Gasteiger partial charge on any atom is 0.291 e. The molecule has 0 unspecified atom stereocenters. The number of nitrogens with one attached hydrogen (secondary N) is 1. The van der Waals surface area contributed by atoms with Crippen molar-refractivity contribution in [1.29, 1.82) is 0 Å². The Balaban J connectivity index is 1.52. The number of furan rings is 1. The molecule has 10 heteroatoms. The van der Waals surface area contributed by atoms with Crippen LogP contribution >= 0.6 is 11.6 Å². The van der Waals surface area contributed by atoms with E-state index >= 15 is 0 Å². The lowest BCUT2D eigenvalue weighted by Crippen LogP contribution is -2.50. The van der Waals surface area contributed by atoms with Gasteiger partial charge in [0.05, 0.1) is 21.9 Å². The third-order valence-corrected chi connectivity index (χ3v) is 6.06. The van der Waals surface area contributed by atoms with Gasteiger partial charge in [-0.3, -0.25) is 19.7 Å². The molecule has 4 rings (SSSR count). The van der Waals surface area contributed by atoms with Gasteiger partial charge in [0.1, 0.15) is 5.76 Å². The normalized spacial score (nSPS) is 13.7. The molecule has 35 heavy (non-hydrogen) atoms. The molecule has 0 atom stereocenters. The quantitative estimate of drug-likeness (QED) is 0.377. The van der Waals surface area contributed by atoms with Crippen molar-refractivity contribution in [2.75, 3.05) is 36.4 Å². The Kier molecular flexibility index (Phi) is 7.07. The van der Waals surface area contributed by atoms with Gasteiger partial charge < -0.3 is 19.5 Å². The highest BCUT2D eigenvalue weighted by Gasteiger charge is 2.25. The summed E-state index contributed by atoms with van der Waals surface area (Å²) < 4.78 is 5.67. The molecular weight excluding hydrogens is 472 g/mol. The van der Waals surface area contributed by atoms with E-state index in [1.54, 1.807) is 30.3 Å². The van der Waals surface area contributed by atoms with E-state index in [9.17, 15) is 19.7 Å².